The highest BCUT2D eigenvalue weighted by atomic mass is 16.4. The van der Waals surface area contributed by atoms with Gasteiger partial charge in [0.15, 0.2) is 0 Å². The second-order valence-electron chi connectivity index (χ2n) is 5.83. The third-order valence-electron chi connectivity index (χ3n) is 3.24. The van der Waals surface area contributed by atoms with Gasteiger partial charge in [0.05, 0.1) is 19.8 Å². The van der Waals surface area contributed by atoms with E-state index < -0.39 is 11.9 Å². The Kier molecular flexibility index (Phi) is 33.3. The van der Waals surface area contributed by atoms with Gasteiger partial charge >= 0.3 is 11.9 Å². The minimum absolute atomic E-state index is 0.0972. The van der Waals surface area contributed by atoms with E-state index in [1.807, 2.05) is 0 Å². The van der Waals surface area contributed by atoms with Crippen LogP contribution < -0.4 is 11.1 Å². The summed E-state index contributed by atoms with van der Waals surface area (Å²) in [6.07, 6.45) is 8.51. The maximum absolute atomic E-state index is 10.2. The molecule has 0 aliphatic heterocycles. The van der Waals surface area contributed by atoms with Gasteiger partial charge in [0.2, 0.25) is 0 Å². The maximum Gasteiger partial charge on any atom is 0.303 e. The van der Waals surface area contributed by atoms with Crippen molar-refractivity contribution in [3.63, 3.8) is 0 Å². The zero-order valence-corrected chi connectivity index (χ0v) is 16.4. The lowest BCUT2D eigenvalue weighted by molar-refractivity contribution is -0.138. The van der Waals surface area contributed by atoms with Crippen molar-refractivity contribution < 1.29 is 35.1 Å². The van der Waals surface area contributed by atoms with Crippen molar-refractivity contribution in [1.82, 2.24) is 5.32 Å². The summed E-state index contributed by atoms with van der Waals surface area (Å²) >= 11 is 0. The van der Waals surface area contributed by atoms with E-state index in [9.17, 15) is 9.59 Å². The molecule has 0 bridgehead atoms. The van der Waals surface area contributed by atoms with Crippen LogP contribution in [0.1, 0.15) is 64.2 Å². The fourth-order valence-corrected chi connectivity index (χ4v) is 1.90. The lowest BCUT2D eigenvalue weighted by Gasteiger charge is -2.00. The first kappa shape index (κ1) is 30.5. The smallest absolute Gasteiger partial charge is 0.303 e. The summed E-state index contributed by atoms with van der Waals surface area (Å²) in [5.41, 5.74) is 4.78. The molecule has 0 atom stereocenters. The van der Waals surface area contributed by atoms with Crippen molar-refractivity contribution in [2.45, 2.75) is 64.2 Å². The highest BCUT2D eigenvalue weighted by Gasteiger charge is 1.98. The molecular formula is C18H40N2O7. The minimum Gasteiger partial charge on any atom is -0.481 e. The van der Waals surface area contributed by atoms with Crippen LogP contribution in [0.5, 0.6) is 0 Å². The predicted molar refractivity (Wildman–Crippen MR) is 105 cm³/mol. The molecule has 0 aromatic carbocycles. The Morgan fingerprint density at radius 1 is 0.630 bits per heavy atom. The molecule has 0 saturated heterocycles. The van der Waals surface area contributed by atoms with Crippen LogP contribution in [0.4, 0.5) is 0 Å². The number of nitrogens with one attached hydrogen (secondary N) is 1. The molecule has 0 spiro atoms. The van der Waals surface area contributed by atoms with Crippen molar-refractivity contribution in [3.8, 4) is 0 Å². The molecule has 0 rings (SSSR count). The van der Waals surface area contributed by atoms with Gasteiger partial charge < -0.3 is 36.6 Å². The van der Waals surface area contributed by atoms with Gasteiger partial charge in [-0.1, -0.05) is 38.5 Å². The zero-order valence-electron chi connectivity index (χ0n) is 16.4. The summed E-state index contributed by atoms with van der Waals surface area (Å²) in [5.74, 6) is -1.43. The van der Waals surface area contributed by atoms with Crippen LogP contribution >= 0.6 is 0 Å². The third-order valence-corrected chi connectivity index (χ3v) is 3.24. The first-order valence-corrected chi connectivity index (χ1v) is 9.63. The summed E-state index contributed by atoms with van der Waals surface area (Å²) in [6, 6.07) is 0. The van der Waals surface area contributed by atoms with E-state index in [1.165, 1.54) is 0 Å². The number of hydrogen-bond donors (Lipinski definition) is 7. The Morgan fingerprint density at radius 3 is 1.15 bits per heavy atom. The number of unbranched alkanes of at least 4 members (excludes halogenated alkanes) is 7. The molecule has 0 saturated carbocycles. The van der Waals surface area contributed by atoms with Gasteiger partial charge in [0.1, 0.15) is 0 Å². The number of hydrogen-bond acceptors (Lipinski definition) is 7. The average Bonchev–Trinajstić information content (AvgIpc) is 2.64. The van der Waals surface area contributed by atoms with Gasteiger partial charge in [-0.2, -0.15) is 0 Å². The maximum atomic E-state index is 10.2. The third kappa shape index (κ3) is 45.7. The molecular weight excluding hydrogens is 356 g/mol. The number of nitrogens with two attached hydrogens (primary N) is 1. The molecule has 0 unspecified atom stereocenters. The van der Waals surface area contributed by atoms with Crippen molar-refractivity contribution in [2.24, 2.45) is 5.73 Å². The second kappa shape index (κ2) is 29.5. The Hall–Kier alpha value is -1.26. The average molecular weight is 397 g/mol. The van der Waals surface area contributed by atoms with Gasteiger partial charge in [0, 0.05) is 32.5 Å². The molecule has 0 radical (unpaired) electrons. The number of aliphatic hydroxyl groups is 3. The SMILES string of the molecule is NCCO.O=C(O)CCCCCCCCCCC(=O)O.OCCNCCO. The first-order valence-electron chi connectivity index (χ1n) is 9.63. The van der Waals surface area contributed by atoms with Crippen LogP contribution in [0.25, 0.3) is 0 Å². The van der Waals surface area contributed by atoms with Crippen molar-refractivity contribution in [3.05, 3.63) is 0 Å². The number of carbonyl (C=O) groups is 2. The molecule has 9 heteroatoms. The van der Waals surface area contributed by atoms with E-state index in [1.54, 1.807) is 0 Å². The summed E-state index contributed by atoms with van der Waals surface area (Å²) in [7, 11) is 0. The number of aliphatic hydroxyl groups excluding tert-OH is 3. The standard InChI is InChI=1S/C12H22O4.C4H11NO2.C2H7NO/c13-11(14)9-7-5-3-1-2-4-6-8-10-12(15)16;6-3-1-5-2-4-7;3-1-2-4/h1-10H2,(H,13,14)(H,15,16);5-7H,1-4H2;4H,1-3H2. The van der Waals surface area contributed by atoms with E-state index >= 15 is 0 Å². The molecule has 9 nitrogen and oxygen atoms in total. The summed E-state index contributed by atoms with van der Waals surface area (Å²) in [4.78, 5) is 20.4. The van der Waals surface area contributed by atoms with E-state index in [2.05, 4.69) is 5.32 Å². The normalized spacial score (nSPS) is 9.63. The molecule has 0 amide bonds. The van der Waals surface area contributed by atoms with Gasteiger partial charge in [-0.25, -0.2) is 0 Å². The lowest BCUT2D eigenvalue weighted by atomic mass is 10.1. The highest BCUT2D eigenvalue weighted by Crippen LogP contribution is 2.10. The van der Waals surface area contributed by atoms with Crippen LogP contribution in [0, 0.1) is 0 Å². The molecule has 8 N–H and O–H groups in total. The first-order chi connectivity index (χ1) is 13.0. The Morgan fingerprint density at radius 2 is 0.926 bits per heavy atom. The summed E-state index contributed by atoms with van der Waals surface area (Å²) < 4.78 is 0. The lowest BCUT2D eigenvalue weighted by Crippen LogP contribution is -2.21. The summed E-state index contributed by atoms with van der Waals surface area (Å²) in [6.45, 7) is 1.89. The van der Waals surface area contributed by atoms with E-state index in [4.69, 9.17) is 31.3 Å². The van der Waals surface area contributed by atoms with Crippen LogP contribution in [-0.2, 0) is 9.59 Å². The fraction of sp³-hybridized carbons (Fsp3) is 0.889. The van der Waals surface area contributed by atoms with Crippen LogP contribution in [0.2, 0.25) is 0 Å². The molecule has 0 aromatic heterocycles. The Bertz CT molecular complexity index is 277. The van der Waals surface area contributed by atoms with Gasteiger partial charge in [-0.05, 0) is 12.8 Å². The number of carboxylic acid groups (broad SMARTS) is 2. The van der Waals surface area contributed by atoms with Crippen LogP contribution in [0.15, 0.2) is 0 Å². The monoisotopic (exact) mass is 396 g/mol. The Balaban J connectivity index is -0.000000431. The quantitative estimate of drug-likeness (QED) is 0.184. The number of aliphatic carboxylic acids is 2. The zero-order chi connectivity index (χ0) is 21.2. The van der Waals surface area contributed by atoms with E-state index in [0.29, 0.717) is 19.6 Å². The van der Waals surface area contributed by atoms with Crippen molar-refractivity contribution >= 4 is 11.9 Å². The number of rotatable bonds is 16. The fourth-order valence-electron chi connectivity index (χ4n) is 1.90. The van der Waals surface area contributed by atoms with Crippen molar-refractivity contribution in [2.75, 3.05) is 39.5 Å². The molecule has 0 aliphatic rings. The molecule has 0 fully saturated rings. The van der Waals surface area contributed by atoms with Crippen LogP contribution in [0.3, 0.4) is 0 Å². The molecule has 27 heavy (non-hydrogen) atoms. The molecule has 0 heterocycles. The molecule has 0 aliphatic carbocycles. The highest BCUT2D eigenvalue weighted by molar-refractivity contribution is 5.66. The van der Waals surface area contributed by atoms with Crippen LogP contribution in [-0.4, -0.2) is 76.9 Å². The Labute approximate surface area is 162 Å². The minimum atomic E-state index is -0.714. The second-order valence-corrected chi connectivity index (χ2v) is 5.83. The topological polar surface area (TPSA) is 173 Å². The summed E-state index contributed by atoms with van der Waals surface area (Å²) in [5, 5.41) is 43.7. The largest absolute Gasteiger partial charge is 0.481 e. The molecule has 0 aromatic rings. The van der Waals surface area contributed by atoms with Gasteiger partial charge in [0.25, 0.3) is 0 Å². The predicted octanol–water partition coefficient (Wildman–Crippen LogP) is 0.555. The van der Waals surface area contributed by atoms with Gasteiger partial charge in [-0.15, -0.1) is 0 Å². The van der Waals surface area contributed by atoms with Gasteiger partial charge in [-0.3, -0.25) is 9.59 Å². The number of carboxylic acids is 2. The van der Waals surface area contributed by atoms with E-state index in [-0.39, 0.29) is 32.7 Å². The van der Waals surface area contributed by atoms with Crippen molar-refractivity contribution in [1.29, 1.82) is 0 Å². The van der Waals surface area contributed by atoms with E-state index in [0.717, 1.165) is 51.4 Å². The molecule has 164 valence electrons.